The smallest absolute Gasteiger partial charge is 0.0902 e. The summed E-state index contributed by atoms with van der Waals surface area (Å²) in [5, 5.41) is 2.11. The van der Waals surface area contributed by atoms with Gasteiger partial charge in [-0.15, -0.1) is 11.3 Å². The van der Waals surface area contributed by atoms with Crippen molar-refractivity contribution in [1.29, 1.82) is 0 Å². The third kappa shape index (κ3) is 2.83. The van der Waals surface area contributed by atoms with Crippen LogP contribution in [0.4, 0.5) is 0 Å². The van der Waals surface area contributed by atoms with Crippen molar-refractivity contribution in [2.45, 2.75) is 31.8 Å². The summed E-state index contributed by atoms with van der Waals surface area (Å²) < 4.78 is 1.20. The van der Waals surface area contributed by atoms with Gasteiger partial charge in [0, 0.05) is 15.9 Å². The SMILES string of the molecule is NC(=S)C1CCCCN1Cc1sccc1Br. The third-order valence-electron chi connectivity index (χ3n) is 2.98. The molecule has 0 bridgehead atoms. The van der Waals surface area contributed by atoms with E-state index in [2.05, 4.69) is 32.3 Å². The number of hydrogen-bond acceptors (Lipinski definition) is 3. The molecular formula is C11H15BrN2S2. The molecule has 0 spiro atoms. The zero-order chi connectivity index (χ0) is 11.5. The minimum atomic E-state index is 0.290. The second kappa shape index (κ2) is 5.58. The molecule has 1 saturated heterocycles. The van der Waals surface area contributed by atoms with Crippen LogP contribution in [0.15, 0.2) is 15.9 Å². The summed E-state index contributed by atoms with van der Waals surface area (Å²) >= 11 is 10.5. The van der Waals surface area contributed by atoms with Crippen LogP contribution in [0.25, 0.3) is 0 Å². The number of halogens is 1. The Morgan fingerprint density at radius 3 is 3.06 bits per heavy atom. The fourth-order valence-electron chi connectivity index (χ4n) is 2.12. The van der Waals surface area contributed by atoms with E-state index in [0.29, 0.717) is 4.99 Å². The number of rotatable bonds is 3. The summed E-state index contributed by atoms with van der Waals surface area (Å²) in [6.07, 6.45) is 3.60. The van der Waals surface area contributed by atoms with Crippen LogP contribution in [0, 0.1) is 0 Å². The van der Waals surface area contributed by atoms with Gasteiger partial charge in [0.25, 0.3) is 0 Å². The Hall–Kier alpha value is 0.0300. The Balaban J connectivity index is 2.07. The molecule has 1 aliphatic rings. The quantitative estimate of drug-likeness (QED) is 0.868. The largest absolute Gasteiger partial charge is 0.392 e. The van der Waals surface area contributed by atoms with Crippen LogP contribution in [0.2, 0.25) is 0 Å². The monoisotopic (exact) mass is 318 g/mol. The van der Waals surface area contributed by atoms with Crippen molar-refractivity contribution in [1.82, 2.24) is 4.90 Å². The lowest BCUT2D eigenvalue weighted by atomic mass is 10.0. The summed E-state index contributed by atoms with van der Waals surface area (Å²) in [6.45, 7) is 2.06. The molecule has 5 heteroatoms. The van der Waals surface area contributed by atoms with Gasteiger partial charge in [-0.2, -0.15) is 0 Å². The molecule has 0 saturated carbocycles. The highest BCUT2D eigenvalue weighted by molar-refractivity contribution is 9.10. The van der Waals surface area contributed by atoms with Gasteiger partial charge in [0.2, 0.25) is 0 Å². The summed E-state index contributed by atoms with van der Waals surface area (Å²) in [5.74, 6) is 0. The van der Waals surface area contributed by atoms with Crippen LogP contribution in [0.5, 0.6) is 0 Å². The maximum absolute atomic E-state index is 5.81. The first kappa shape index (κ1) is 12.5. The third-order valence-corrected chi connectivity index (χ3v) is 5.16. The fourth-order valence-corrected chi connectivity index (χ4v) is 3.89. The summed E-state index contributed by atoms with van der Waals surface area (Å²) in [7, 11) is 0. The number of nitrogens with zero attached hydrogens (tertiary/aromatic N) is 1. The van der Waals surface area contributed by atoms with E-state index in [1.54, 1.807) is 11.3 Å². The van der Waals surface area contributed by atoms with E-state index < -0.39 is 0 Å². The Labute approximate surface area is 114 Å². The van der Waals surface area contributed by atoms with Crippen molar-refractivity contribution in [3.8, 4) is 0 Å². The molecule has 1 fully saturated rings. The van der Waals surface area contributed by atoms with E-state index in [4.69, 9.17) is 18.0 Å². The average Bonchev–Trinajstić information content (AvgIpc) is 2.65. The molecule has 0 radical (unpaired) electrons. The Morgan fingerprint density at radius 1 is 1.62 bits per heavy atom. The minimum absolute atomic E-state index is 0.290. The Bertz CT molecular complexity index is 378. The molecule has 1 aliphatic heterocycles. The maximum atomic E-state index is 5.81. The second-order valence-corrected chi connectivity index (χ2v) is 6.40. The predicted molar refractivity (Wildman–Crippen MR) is 76.9 cm³/mol. The van der Waals surface area contributed by atoms with Crippen molar-refractivity contribution < 1.29 is 0 Å². The molecule has 2 nitrogen and oxygen atoms in total. The molecule has 0 aliphatic carbocycles. The minimum Gasteiger partial charge on any atom is -0.392 e. The topological polar surface area (TPSA) is 29.3 Å². The molecule has 0 aromatic carbocycles. The fraction of sp³-hybridized carbons (Fsp3) is 0.545. The number of thiocarbonyl (C=S) groups is 1. The van der Waals surface area contributed by atoms with E-state index in [-0.39, 0.29) is 6.04 Å². The molecular weight excluding hydrogens is 304 g/mol. The van der Waals surface area contributed by atoms with Crippen molar-refractivity contribution in [3.63, 3.8) is 0 Å². The molecule has 2 N–H and O–H groups in total. The standard InChI is InChI=1S/C11H15BrN2S2/c12-8-4-6-16-10(8)7-14-5-2-1-3-9(14)11(13)15/h4,6,9H,1-3,5,7H2,(H2,13,15). The van der Waals surface area contributed by atoms with Gasteiger partial charge in [0.15, 0.2) is 0 Å². The van der Waals surface area contributed by atoms with E-state index in [9.17, 15) is 0 Å². The highest BCUT2D eigenvalue weighted by atomic mass is 79.9. The van der Waals surface area contributed by atoms with Crippen LogP contribution in [-0.2, 0) is 6.54 Å². The van der Waals surface area contributed by atoms with Crippen molar-refractivity contribution >= 4 is 44.5 Å². The van der Waals surface area contributed by atoms with Crippen LogP contribution in [0.3, 0.4) is 0 Å². The van der Waals surface area contributed by atoms with Crippen LogP contribution in [-0.4, -0.2) is 22.5 Å². The molecule has 1 aromatic heterocycles. The van der Waals surface area contributed by atoms with E-state index in [0.717, 1.165) is 19.5 Å². The molecule has 2 heterocycles. The van der Waals surface area contributed by atoms with E-state index in [1.807, 2.05) is 0 Å². The van der Waals surface area contributed by atoms with Crippen LogP contribution >= 0.6 is 39.5 Å². The average molecular weight is 319 g/mol. The first-order valence-corrected chi connectivity index (χ1v) is 7.52. The van der Waals surface area contributed by atoms with Crippen molar-refractivity contribution in [2.24, 2.45) is 5.73 Å². The number of likely N-dealkylation sites (tertiary alicyclic amines) is 1. The van der Waals surface area contributed by atoms with E-state index >= 15 is 0 Å². The first-order valence-electron chi connectivity index (χ1n) is 5.43. The van der Waals surface area contributed by atoms with Gasteiger partial charge in [0.05, 0.1) is 11.0 Å². The summed E-state index contributed by atoms with van der Waals surface area (Å²) in [4.78, 5) is 4.41. The number of piperidine rings is 1. The van der Waals surface area contributed by atoms with Gasteiger partial charge < -0.3 is 5.73 Å². The highest BCUT2D eigenvalue weighted by Gasteiger charge is 2.25. The van der Waals surface area contributed by atoms with Crippen LogP contribution < -0.4 is 5.73 Å². The zero-order valence-corrected chi connectivity index (χ0v) is 12.2. The molecule has 2 rings (SSSR count). The molecule has 1 unspecified atom stereocenters. The van der Waals surface area contributed by atoms with Gasteiger partial charge >= 0.3 is 0 Å². The highest BCUT2D eigenvalue weighted by Crippen LogP contribution is 2.27. The van der Waals surface area contributed by atoms with Gasteiger partial charge in [-0.3, -0.25) is 4.90 Å². The lowest BCUT2D eigenvalue weighted by molar-refractivity contribution is 0.186. The number of thiophene rings is 1. The van der Waals surface area contributed by atoms with Crippen LogP contribution in [0.1, 0.15) is 24.1 Å². The number of nitrogens with two attached hydrogens (primary N) is 1. The van der Waals surface area contributed by atoms with Crippen molar-refractivity contribution in [3.05, 3.63) is 20.8 Å². The predicted octanol–water partition coefficient (Wildman–Crippen LogP) is 3.15. The van der Waals surface area contributed by atoms with Crippen molar-refractivity contribution in [2.75, 3.05) is 6.54 Å². The van der Waals surface area contributed by atoms with Gasteiger partial charge in [-0.1, -0.05) is 18.6 Å². The molecule has 88 valence electrons. The molecule has 16 heavy (non-hydrogen) atoms. The zero-order valence-electron chi connectivity index (χ0n) is 8.99. The van der Waals surface area contributed by atoms with Gasteiger partial charge in [-0.05, 0) is 46.8 Å². The maximum Gasteiger partial charge on any atom is 0.0902 e. The van der Waals surface area contributed by atoms with E-state index in [1.165, 1.54) is 22.2 Å². The molecule has 1 atom stereocenters. The Kier molecular flexibility index (Phi) is 4.35. The normalized spacial score (nSPS) is 22.2. The Morgan fingerprint density at radius 2 is 2.44 bits per heavy atom. The second-order valence-electron chi connectivity index (χ2n) is 4.08. The first-order chi connectivity index (χ1) is 7.68. The van der Waals surface area contributed by atoms with Gasteiger partial charge in [0.1, 0.15) is 0 Å². The number of hydrogen-bond donors (Lipinski definition) is 1. The van der Waals surface area contributed by atoms with Gasteiger partial charge in [-0.25, -0.2) is 0 Å². The molecule has 1 aromatic rings. The molecule has 0 amide bonds. The summed E-state index contributed by atoms with van der Waals surface area (Å²) in [6, 6.07) is 2.39. The lowest BCUT2D eigenvalue weighted by Gasteiger charge is -2.34. The lowest BCUT2D eigenvalue weighted by Crippen LogP contribution is -2.46. The summed E-state index contributed by atoms with van der Waals surface area (Å²) in [5.41, 5.74) is 5.81.